The summed E-state index contributed by atoms with van der Waals surface area (Å²) in [5.74, 6) is 0. The summed E-state index contributed by atoms with van der Waals surface area (Å²) in [5, 5.41) is 0. The van der Waals surface area contributed by atoms with Gasteiger partial charge in [0.05, 0.1) is 0 Å². The van der Waals surface area contributed by atoms with E-state index in [1.54, 1.807) is 0 Å². The second-order valence-corrected chi connectivity index (χ2v) is 14.4. The monoisotopic (exact) mass is 659 g/mol. The minimum Gasteiger partial charge on any atom is -0.368 e. The third-order valence-electron chi connectivity index (χ3n) is 9.73. The molecule has 0 saturated carbocycles. The zero-order valence-corrected chi connectivity index (χ0v) is 32.1. The van der Waals surface area contributed by atoms with E-state index >= 15 is 0 Å². The Kier molecular flexibility index (Phi) is 34.2. The predicted molar refractivity (Wildman–Crippen MR) is 206 cm³/mol. The fourth-order valence-corrected chi connectivity index (χ4v) is 6.58. The summed E-state index contributed by atoms with van der Waals surface area (Å²) in [4.78, 5) is 0. The van der Waals surface area contributed by atoms with Crippen LogP contribution in [0.15, 0.2) is 30.3 Å². The Labute approximate surface area is 295 Å². The number of hydrogen-bond acceptors (Lipinski definition) is 3. The van der Waals surface area contributed by atoms with Crippen LogP contribution < -0.4 is 0 Å². The quantitative estimate of drug-likeness (QED) is 0.0523. The summed E-state index contributed by atoms with van der Waals surface area (Å²) in [6.45, 7) is 9.16. The normalized spacial score (nSPS) is 12.3. The minimum atomic E-state index is -0.336. The van der Waals surface area contributed by atoms with E-state index in [0.717, 1.165) is 39.1 Å². The zero-order valence-electron chi connectivity index (χ0n) is 32.1. The van der Waals surface area contributed by atoms with Crippen LogP contribution in [0.5, 0.6) is 0 Å². The van der Waals surface area contributed by atoms with Gasteiger partial charge in [0.15, 0.2) is 6.29 Å². The van der Waals surface area contributed by atoms with Gasteiger partial charge in [0, 0.05) is 19.8 Å². The molecule has 1 rings (SSSR count). The smallest absolute Gasteiger partial charge is 0.187 e. The molecule has 0 spiro atoms. The molecule has 1 unspecified atom stereocenters. The summed E-state index contributed by atoms with van der Waals surface area (Å²) < 4.78 is 19.7. The van der Waals surface area contributed by atoms with Gasteiger partial charge in [0.25, 0.3) is 0 Å². The lowest BCUT2D eigenvalue weighted by molar-refractivity contribution is -0.211. The van der Waals surface area contributed by atoms with Crippen molar-refractivity contribution in [3.05, 3.63) is 35.9 Å². The largest absolute Gasteiger partial charge is 0.368 e. The van der Waals surface area contributed by atoms with Crippen molar-refractivity contribution in [2.75, 3.05) is 19.8 Å². The van der Waals surface area contributed by atoms with E-state index in [1.807, 2.05) is 0 Å². The molecule has 0 fully saturated rings. The van der Waals surface area contributed by atoms with Crippen LogP contribution in [0, 0.1) is 0 Å². The van der Waals surface area contributed by atoms with Crippen LogP contribution in [-0.4, -0.2) is 26.1 Å². The summed E-state index contributed by atoms with van der Waals surface area (Å²) in [6.07, 6.45) is 39.6. The lowest BCUT2D eigenvalue weighted by Crippen LogP contribution is -2.29. The Bertz CT molecular complexity index is 681. The maximum absolute atomic E-state index is 6.61. The first kappa shape index (κ1) is 44.1. The lowest BCUT2D eigenvalue weighted by Gasteiger charge is -2.28. The molecule has 0 bridgehead atoms. The van der Waals surface area contributed by atoms with Gasteiger partial charge in [-0.25, -0.2) is 0 Å². The van der Waals surface area contributed by atoms with Crippen LogP contribution >= 0.6 is 0 Å². The molecule has 0 aliphatic rings. The third kappa shape index (κ3) is 28.6. The molecule has 47 heavy (non-hydrogen) atoms. The molecule has 0 radical (unpaired) electrons. The first-order chi connectivity index (χ1) is 23.3. The van der Waals surface area contributed by atoms with Crippen molar-refractivity contribution in [2.45, 2.75) is 226 Å². The maximum Gasteiger partial charge on any atom is 0.187 e. The van der Waals surface area contributed by atoms with Gasteiger partial charge < -0.3 is 14.2 Å². The van der Waals surface area contributed by atoms with Gasteiger partial charge in [-0.2, -0.15) is 0 Å². The van der Waals surface area contributed by atoms with E-state index in [0.29, 0.717) is 0 Å². The molecule has 0 aliphatic heterocycles. The van der Waals surface area contributed by atoms with Crippen LogP contribution in [0.4, 0.5) is 0 Å². The van der Waals surface area contributed by atoms with Gasteiger partial charge in [0.1, 0.15) is 6.10 Å². The first-order valence-electron chi connectivity index (χ1n) is 21.2. The zero-order chi connectivity index (χ0) is 33.7. The maximum atomic E-state index is 6.61. The molecule has 0 aliphatic carbocycles. The fraction of sp³-hybridized carbons (Fsp3) is 0.864. The summed E-state index contributed by atoms with van der Waals surface area (Å²) in [7, 11) is 0. The van der Waals surface area contributed by atoms with Gasteiger partial charge in [-0.1, -0.05) is 224 Å². The van der Waals surface area contributed by atoms with E-state index in [2.05, 4.69) is 51.1 Å². The van der Waals surface area contributed by atoms with Crippen molar-refractivity contribution in [3.63, 3.8) is 0 Å². The van der Waals surface area contributed by atoms with E-state index in [4.69, 9.17) is 14.2 Å². The molecular weight excluding hydrogens is 576 g/mol. The molecule has 0 amide bonds. The molecule has 1 atom stereocenters. The standard InChI is InChI=1S/C44H82O3/c1-4-7-10-13-16-19-22-25-28-34-39-45-43(42-37-32-31-33-38-42)44(46-40-35-29-26-23-20-17-14-11-8-5-2)47-41-36-30-27-24-21-18-15-12-9-6-3/h31-33,37-38,43-44H,4-30,34-36,39-41H2,1-3H3. The molecule has 3 nitrogen and oxygen atoms in total. The second-order valence-electron chi connectivity index (χ2n) is 14.4. The molecule has 0 N–H and O–H groups in total. The Morgan fingerprint density at radius 2 is 0.617 bits per heavy atom. The van der Waals surface area contributed by atoms with Crippen LogP contribution in [-0.2, 0) is 14.2 Å². The number of ether oxygens (including phenoxy) is 3. The molecule has 0 saturated heterocycles. The van der Waals surface area contributed by atoms with E-state index < -0.39 is 0 Å². The fourth-order valence-electron chi connectivity index (χ4n) is 6.58. The summed E-state index contributed by atoms with van der Waals surface area (Å²) >= 11 is 0. The van der Waals surface area contributed by atoms with Crippen LogP contribution in [0.3, 0.4) is 0 Å². The summed E-state index contributed by atoms with van der Waals surface area (Å²) in [6, 6.07) is 10.7. The van der Waals surface area contributed by atoms with Gasteiger partial charge in [0.2, 0.25) is 0 Å². The average molecular weight is 659 g/mol. The van der Waals surface area contributed by atoms with E-state index in [1.165, 1.54) is 179 Å². The van der Waals surface area contributed by atoms with Gasteiger partial charge in [-0.15, -0.1) is 0 Å². The SMILES string of the molecule is CCCCCCCCCCCCOC(OCCCCCCCCCCCC)C(OCCCCCCCCCCCC)c1ccccc1. The van der Waals surface area contributed by atoms with E-state index in [-0.39, 0.29) is 12.4 Å². The molecule has 276 valence electrons. The second kappa shape index (κ2) is 36.4. The molecular formula is C44H82O3. The molecule has 1 aromatic rings. The van der Waals surface area contributed by atoms with Crippen molar-refractivity contribution in [2.24, 2.45) is 0 Å². The number of benzene rings is 1. The highest BCUT2D eigenvalue weighted by Gasteiger charge is 2.25. The van der Waals surface area contributed by atoms with Gasteiger partial charge in [-0.05, 0) is 24.8 Å². The molecule has 1 aromatic carbocycles. The van der Waals surface area contributed by atoms with Crippen molar-refractivity contribution >= 4 is 0 Å². The number of rotatable bonds is 38. The van der Waals surface area contributed by atoms with Crippen molar-refractivity contribution in [3.8, 4) is 0 Å². The summed E-state index contributed by atoms with van der Waals surface area (Å²) in [5.41, 5.74) is 1.18. The Morgan fingerprint density at radius 3 is 0.936 bits per heavy atom. The number of hydrogen-bond donors (Lipinski definition) is 0. The molecule has 0 aromatic heterocycles. The van der Waals surface area contributed by atoms with Crippen LogP contribution in [0.2, 0.25) is 0 Å². The predicted octanol–water partition coefficient (Wildman–Crippen LogP) is 14.9. The van der Waals surface area contributed by atoms with Gasteiger partial charge >= 0.3 is 0 Å². The number of unbranched alkanes of at least 4 members (excludes halogenated alkanes) is 27. The van der Waals surface area contributed by atoms with E-state index in [9.17, 15) is 0 Å². The average Bonchev–Trinajstić information content (AvgIpc) is 3.09. The Balaban J connectivity index is 2.49. The van der Waals surface area contributed by atoms with Crippen molar-refractivity contribution in [1.29, 1.82) is 0 Å². The third-order valence-corrected chi connectivity index (χ3v) is 9.73. The minimum absolute atomic E-state index is 0.166. The Hall–Kier alpha value is -0.900. The highest BCUT2D eigenvalue weighted by Crippen LogP contribution is 2.26. The van der Waals surface area contributed by atoms with Gasteiger partial charge in [-0.3, -0.25) is 0 Å². The highest BCUT2D eigenvalue weighted by molar-refractivity contribution is 5.18. The topological polar surface area (TPSA) is 27.7 Å². The first-order valence-corrected chi connectivity index (χ1v) is 21.2. The van der Waals surface area contributed by atoms with Crippen molar-refractivity contribution in [1.82, 2.24) is 0 Å². The Morgan fingerprint density at radius 1 is 0.340 bits per heavy atom. The highest BCUT2D eigenvalue weighted by atomic mass is 16.7. The molecule has 3 heteroatoms. The van der Waals surface area contributed by atoms with Crippen LogP contribution in [0.25, 0.3) is 0 Å². The lowest BCUT2D eigenvalue weighted by atomic mass is 10.1. The van der Waals surface area contributed by atoms with Crippen molar-refractivity contribution < 1.29 is 14.2 Å². The van der Waals surface area contributed by atoms with Crippen LogP contribution in [0.1, 0.15) is 225 Å². The molecule has 0 heterocycles.